The summed E-state index contributed by atoms with van der Waals surface area (Å²) < 4.78 is 1.73. The molecule has 0 aliphatic carbocycles. The summed E-state index contributed by atoms with van der Waals surface area (Å²) in [5, 5.41) is 1.04. The molecular formula is C19H26N2O2. The molecule has 2 aromatic rings. The zero-order chi connectivity index (χ0) is 16.8. The van der Waals surface area contributed by atoms with Crippen molar-refractivity contribution >= 4 is 16.8 Å². The summed E-state index contributed by atoms with van der Waals surface area (Å²) in [6, 6.07) is 9.75. The third-order valence-electron chi connectivity index (χ3n) is 4.07. The number of carbonyl (C=O) groups excluding carboxylic acids is 1. The van der Waals surface area contributed by atoms with Crippen LogP contribution in [-0.2, 0) is 11.3 Å². The minimum absolute atomic E-state index is 0.00552. The minimum atomic E-state index is -0.00552. The molecule has 4 heteroatoms. The molecule has 0 radical (unpaired) electrons. The number of amides is 1. The highest BCUT2D eigenvalue weighted by molar-refractivity contribution is 5.80. The molecule has 0 fully saturated rings. The first kappa shape index (κ1) is 17.3. The molecule has 0 spiro atoms. The van der Waals surface area contributed by atoms with Crippen LogP contribution in [0.1, 0.15) is 38.7 Å². The maximum atomic E-state index is 12.5. The van der Waals surface area contributed by atoms with Crippen LogP contribution in [-0.4, -0.2) is 28.5 Å². The van der Waals surface area contributed by atoms with Crippen LogP contribution < -0.4 is 5.56 Å². The normalized spacial score (nSPS) is 10.9. The Balaban J connectivity index is 2.23. The second-order valence-corrected chi connectivity index (χ2v) is 5.97. The molecule has 0 atom stereocenters. The maximum Gasteiger partial charge on any atom is 0.253 e. The fourth-order valence-corrected chi connectivity index (χ4v) is 2.96. The van der Waals surface area contributed by atoms with Gasteiger partial charge < -0.3 is 9.47 Å². The molecule has 0 unspecified atom stereocenters. The van der Waals surface area contributed by atoms with E-state index in [1.165, 1.54) is 0 Å². The van der Waals surface area contributed by atoms with E-state index in [4.69, 9.17) is 0 Å². The summed E-state index contributed by atoms with van der Waals surface area (Å²) in [6.45, 7) is 7.99. The van der Waals surface area contributed by atoms with Crippen LogP contribution in [0.15, 0.2) is 35.1 Å². The number of pyridine rings is 1. The standard InChI is InChI=1S/C19H26N2O2/c1-4-11-20(12-5-2)18(22)10-13-21-17-9-7-6-8-16(17)14-15(3)19(21)23/h6-9,14H,4-5,10-13H2,1-3H3. The van der Waals surface area contributed by atoms with Crippen molar-refractivity contribution < 1.29 is 4.79 Å². The Hall–Kier alpha value is -2.10. The van der Waals surface area contributed by atoms with E-state index in [2.05, 4.69) is 13.8 Å². The van der Waals surface area contributed by atoms with Crippen molar-refractivity contribution in [3.63, 3.8) is 0 Å². The molecule has 1 amide bonds. The van der Waals surface area contributed by atoms with Crippen LogP contribution in [0.2, 0.25) is 0 Å². The van der Waals surface area contributed by atoms with Crippen LogP contribution in [0.25, 0.3) is 10.9 Å². The van der Waals surface area contributed by atoms with E-state index in [9.17, 15) is 9.59 Å². The Morgan fingerprint density at radius 1 is 1.13 bits per heavy atom. The highest BCUT2D eigenvalue weighted by Gasteiger charge is 2.13. The number of nitrogens with zero attached hydrogens (tertiary/aromatic N) is 2. The molecular weight excluding hydrogens is 288 g/mol. The molecule has 0 N–H and O–H groups in total. The molecule has 0 aliphatic rings. The largest absolute Gasteiger partial charge is 0.343 e. The number of para-hydroxylation sites is 1. The predicted molar refractivity (Wildman–Crippen MR) is 94.7 cm³/mol. The lowest BCUT2D eigenvalue weighted by molar-refractivity contribution is -0.131. The Morgan fingerprint density at radius 3 is 2.43 bits per heavy atom. The lowest BCUT2D eigenvalue weighted by atomic mass is 10.1. The molecule has 23 heavy (non-hydrogen) atoms. The van der Waals surface area contributed by atoms with Gasteiger partial charge in [0.2, 0.25) is 5.91 Å². The summed E-state index contributed by atoms with van der Waals surface area (Å²) in [5.74, 6) is 0.131. The van der Waals surface area contributed by atoms with Crippen molar-refractivity contribution in [2.45, 2.75) is 46.6 Å². The monoisotopic (exact) mass is 314 g/mol. The zero-order valence-corrected chi connectivity index (χ0v) is 14.3. The average molecular weight is 314 g/mol. The smallest absolute Gasteiger partial charge is 0.253 e. The fourth-order valence-electron chi connectivity index (χ4n) is 2.96. The van der Waals surface area contributed by atoms with Gasteiger partial charge >= 0.3 is 0 Å². The fraction of sp³-hybridized carbons (Fsp3) is 0.474. The van der Waals surface area contributed by atoms with Gasteiger partial charge in [0.1, 0.15) is 0 Å². The number of benzene rings is 1. The first-order valence-corrected chi connectivity index (χ1v) is 8.45. The number of hydrogen-bond donors (Lipinski definition) is 0. The minimum Gasteiger partial charge on any atom is -0.343 e. The lowest BCUT2D eigenvalue weighted by Gasteiger charge is -2.22. The van der Waals surface area contributed by atoms with Crippen molar-refractivity contribution in [1.82, 2.24) is 9.47 Å². The third kappa shape index (κ3) is 4.01. The van der Waals surface area contributed by atoms with Crippen molar-refractivity contribution in [3.05, 3.63) is 46.2 Å². The van der Waals surface area contributed by atoms with Gasteiger partial charge in [-0.3, -0.25) is 9.59 Å². The van der Waals surface area contributed by atoms with E-state index in [1.807, 2.05) is 42.2 Å². The van der Waals surface area contributed by atoms with E-state index >= 15 is 0 Å². The lowest BCUT2D eigenvalue weighted by Crippen LogP contribution is -2.34. The quantitative estimate of drug-likeness (QED) is 0.786. The zero-order valence-electron chi connectivity index (χ0n) is 14.3. The van der Waals surface area contributed by atoms with E-state index in [0.717, 1.165) is 42.4 Å². The summed E-state index contributed by atoms with van der Waals surface area (Å²) >= 11 is 0. The maximum absolute atomic E-state index is 12.5. The van der Waals surface area contributed by atoms with Crippen LogP contribution in [0.4, 0.5) is 0 Å². The molecule has 4 nitrogen and oxygen atoms in total. The van der Waals surface area contributed by atoms with E-state index in [0.29, 0.717) is 13.0 Å². The van der Waals surface area contributed by atoms with E-state index < -0.39 is 0 Å². The van der Waals surface area contributed by atoms with Gasteiger partial charge in [-0.25, -0.2) is 0 Å². The summed E-state index contributed by atoms with van der Waals surface area (Å²) in [5.41, 5.74) is 1.61. The van der Waals surface area contributed by atoms with E-state index in [-0.39, 0.29) is 11.5 Å². The Kier molecular flexibility index (Phi) is 5.97. The number of aryl methyl sites for hydroxylation is 2. The van der Waals surface area contributed by atoms with Gasteiger partial charge in [0.25, 0.3) is 5.56 Å². The first-order valence-electron chi connectivity index (χ1n) is 8.45. The molecule has 0 saturated carbocycles. The van der Waals surface area contributed by atoms with Gasteiger partial charge in [0.15, 0.2) is 0 Å². The highest BCUT2D eigenvalue weighted by Crippen LogP contribution is 2.13. The van der Waals surface area contributed by atoms with E-state index in [1.54, 1.807) is 4.57 Å². The van der Waals surface area contributed by atoms with Crippen molar-refractivity contribution in [2.75, 3.05) is 13.1 Å². The SMILES string of the molecule is CCCN(CCC)C(=O)CCn1c(=O)c(C)cc2ccccc21. The number of carbonyl (C=O) groups is 1. The molecule has 2 rings (SSSR count). The van der Waals surface area contributed by atoms with Crippen LogP contribution in [0.3, 0.4) is 0 Å². The second-order valence-electron chi connectivity index (χ2n) is 5.97. The summed E-state index contributed by atoms with van der Waals surface area (Å²) in [7, 11) is 0. The molecule has 1 aromatic carbocycles. The predicted octanol–water partition coefficient (Wildman–Crippen LogP) is 3.35. The number of hydrogen-bond acceptors (Lipinski definition) is 2. The Labute approximate surface area is 137 Å². The van der Waals surface area contributed by atoms with Gasteiger partial charge in [0, 0.05) is 31.6 Å². The molecule has 0 aliphatic heterocycles. The van der Waals surface area contributed by atoms with Crippen LogP contribution in [0, 0.1) is 6.92 Å². The van der Waals surface area contributed by atoms with Crippen LogP contribution in [0.5, 0.6) is 0 Å². The molecule has 124 valence electrons. The molecule has 0 bridgehead atoms. The topological polar surface area (TPSA) is 42.3 Å². The van der Waals surface area contributed by atoms with Gasteiger partial charge in [0.05, 0.1) is 5.52 Å². The van der Waals surface area contributed by atoms with Crippen molar-refractivity contribution in [2.24, 2.45) is 0 Å². The van der Waals surface area contributed by atoms with Gasteiger partial charge in [-0.05, 0) is 37.3 Å². The van der Waals surface area contributed by atoms with Crippen LogP contribution >= 0.6 is 0 Å². The number of aromatic nitrogens is 1. The Bertz CT molecular complexity index is 728. The molecule has 1 heterocycles. The van der Waals surface area contributed by atoms with Gasteiger partial charge in [-0.15, -0.1) is 0 Å². The highest BCUT2D eigenvalue weighted by atomic mass is 16.2. The number of rotatable bonds is 7. The summed E-state index contributed by atoms with van der Waals surface area (Å²) in [4.78, 5) is 26.8. The van der Waals surface area contributed by atoms with Gasteiger partial charge in [-0.2, -0.15) is 0 Å². The van der Waals surface area contributed by atoms with Crippen molar-refractivity contribution in [3.8, 4) is 0 Å². The number of fused-ring (bicyclic) bond motifs is 1. The summed E-state index contributed by atoms with van der Waals surface area (Å²) in [6.07, 6.45) is 2.28. The third-order valence-corrected chi connectivity index (χ3v) is 4.07. The molecule has 0 saturated heterocycles. The molecule has 1 aromatic heterocycles. The Morgan fingerprint density at radius 2 is 1.78 bits per heavy atom. The van der Waals surface area contributed by atoms with Crippen molar-refractivity contribution in [1.29, 1.82) is 0 Å². The second kappa shape index (κ2) is 7.95. The average Bonchev–Trinajstić information content (AvgIpc) is 2.55. The van der Waals surface area contributed by atoms with Gasteiger partial charge in [-0.1, -0.05) is 32.0 Å². The first-order chi connectivity index (χ1) is 11.1.